The highest BCUT2D eigenvalue weighted by Crippen LogP contribution is 2.29. The van der Waals surface area contributed by atoms with E-state index in [0.717, 1.165) is 11.1 Å². The molecular weight excluding hydrogens is 332 g/mol. The number of aryl methyl sites for hydroxylation is 1. The summed E-state index contributed by atoms with van der Waals surface area (Å²) in [6.45, 7) is 3.52. The Morgan fingerprint density at radius 1 is 1.33 bits per heavy atom. The van der Waals surface area contributed by atoms with E-state index in [2.05, 4.69) is 10.3 Å². The number of nitrogens with zero attached hydrogens (tertiary/aromatic N) is 1. The fourth-order valence-corrected chi connectivity index (χ4v) is 2.30. The zero-order chi connectivity index (χ0) is 17.7. The van der Waals surface area contributed by atoms with Crippen molar-refractivity contribution in [1.82, 2.24) is 10.3 Å². The van der Waals surface area contributed by atoms with Crippen molar-refractivity contribution in [1.29, 1.82) is 0 Å². The molecule has 6 nitrogen and oxygen atoms in total. The molecule has 1 aromatic heterocycles. The van der Waals surface area contributed by atoms with E-state index >= 15 is 0 Å². The highest BCUT2D eigenvalue weighted by molar-refractivity contribution is 6.30. The first kappa shape index (κ1) is 17.7. The summed E-state index contributed by atoms with van der Waals surface area (Å²) in [6.07, 6.45) is 1.47. The molecule has 0 aliphatic carbocycles. The van der Waals surface area contributed by atoms with Crippen LogP contribution in [-0.4, -0.2) is 35.1 Å². The molecule has 0 spiro atoms. The van der Waals surface area contributed by atoms with E-state index in [9.17, 15) is 14.7 Å². The molecule has 0 atom stereocenters. The van der Waals surface area contributed by atoms with Gasteiger partial charge in [-0.1, -0.05) is 17.7 Å². The van der Waals surface area contributed by atoms with Crippen LogP contribution in [0.1, 0.15) is 23.0 Å². The molecule has 1 amide bonds. The molecule has 126 valence electrons. The van der Waals surface area contributed by atoms with Gasteiger partial charge in [0.2, 0.25) is 0 Å². The number of amides is 1. The molecule has 0 fully saturated rings. The van der Waals surface area contributed by atoms with Gasteiger partial charge < -0.3 is 15.2 Å². The number of halogens is 1. The van der Waals surface area contributed by atoms with Crippen molar-refractivity contribution < 1.29 is 19.4 Å². The smallest absolute Gasteiger partial charge is 0.325 e. The van der Waals surface area contributed by atoms with Crippen molar-refractivity contribution in [2.75, 3.05) is 13.2 Å². The number of aromatic nitrogens is 1. The summed E-state index contributed by atoms with van der Waals surface area (Å²) in [5, 5.41) is 13.0. The van der Waals surface area contributed by atoms with Crippen LogP contribution in [0.5, 0.6) is 5.75 Å². The van der Waals surface area contributed by atoms with Crippen molar-refractivity contribution in [2.24, 2.45) is 0 Å². The van der Waals surface area contributed by atoms with Crippen LogP contribution in [0.2, 0.25) is 5.02 Å². The van der Waals surface area contributed by atoms with Gasteiger partial charge in [0.1, 0.15) is 12.3 Å². The molecule has 1 aromatic carbocycles. The van der Waals surface area contributed by atoms with Crippen LogP contribution >= 0.6 is 11.6 Å². The van der Waals surface area contributed by atoms with E-state index in [1.165, 1.54) is 12.3 Å². The first-order chi connectivity index (χ1) is 11.4. The molecule has 2 rings (SSSR count). The maximum atomic E-state index is 12.0. The number of rotatable bonds is 5. The molecule has 2 aromatic rings. The van der Waals surface area contributed by atoms with Crippen molar-refractivity contribution in [3.8, 4) is 16.9 Å². The third-order valence-corrected chi connectivity index (χ3v) is 3.53. The lowest BCUT2D eigenvalue weighted by Crippen LogP contribution is -2.31. The van der Waals surface area contributed by atoms with Gasteiger partial charge in [-0.2, -0.15) is 0 Å². The lowest BCUT2D eigenvalue weighted by molar-refractivity contribution is -0.141. The zero-order valence-corrected chi connectivity index (χ0v) is 14.1. The number of carbonyl (C=O) groups is 2. The predicted octanol–water partition coefficient (Wildman–Crippen LogP) is 2.71. The lowest BCUT2D eigenvalue weighted by Gasteiger charge is -2.09. The Balaban J connectivity index is 2.19. The van der Waals surface area contributed by atoms with Crippen molar-refractivity contribution >= 4 is 23.5 Å². The van der Waals surface area contributed by atoms with Gasteiger partial charge in [0.15, 0.2) is 5.69 Å². The average molecular weight is 349 g/mol. The standard InChI is InChI=1S/C17H17ClN2O4/c1-3-24-15(22)9-20-17(23)16-14(21)6-11(8-19-16)13-7-12(18)5-4-10(13)2/h4-8,21H,3,9H2,1-2H3,(H,20,23). The van der Waals surface area contributed by atoms with E-state index in [-0.39, 0.29) is 24.6 Å². The number of benzene rings is 1. The first-order valence-corrected chi connectivity index (χ1v) is 7.69. The number of pyridine rings is 1. The van der Waals surface area contributed by atoms with Crippen LogP contribution in [0.25, 0.3) is 11.1 Å². The SMILES string of the molecule is CCOC(=O)CNC(=O)c1ncc(-c2cc(Cl)ccc2C)cc1O. The summed E-state index contributed by atoms with van der Waals surface area (Å²) in [4.78, 5) is 27.2. The topological polar surface area (TPSA) is 88.5 Å². The lowest BCUT2D eigenvalue weighted by atomic mass is 10.0. The zero-order valence-electron chi connectivity index (χ0n) is 13.3. The van der Waals surface area contributed by atoms with Crippen molar-refractivity contribution in [3.05, 3.63) is 46.7 Å². The van der Waals surface area contributed by atoms with E-state index in [1.54, 1.807) is 19.1 Å². The average Bonchev–Trinajstić information content (AvgIpc) is 2.55. The molecule has 24 heavy (non-hydrogen) atoms. The second-order valence-electron chi connectivity index (χ2n) is 5.04. The Kier molecular flexibility index (Phi) is 5.76. The van der Waals surface area contributed by atoms with Gasteiger partial charge in [-0.3, -0.25) is 9.59 Å². The summed E-state index contributed by atoms with van der Waals surface area (Å²) in [6, 6.07) is 6.82. The highest BCUT2D eigenvalue weighted by atomic mass is 35.5. The summed E-state index contributed by atoms with van der Waals surface area (Å²) in [7, 11) is 0. The Morgan fingerprint density at radius 2 is 2.08 bits per heavy atom. The third-order valence-electron chi connectivity index (χ3n) is 3.29. The number of hydrogen-bond donors (Lipinski definition) is 2. The first-order valence-electron chi connectivity index (χ1n) is 7.31. The molecular formula is C17H17ClN2O4. The number of carbonyl (C=O) groups excluding carboxylic acids is 2. The predicted molar refractivity (Wildman–Crippen MR) is 90.1 cm³/mol. The van der Waals surface area contributed by atoms with Crippen LogP contribution in [0.3, 0.4) is 0 Å². The molecule has 0 saturated carbocycles. The van der Waals surface area contributed by atoms with Gasteiger partial charge in [-0.15, -0.1) is 0 Å². The van der Waals surface area contributed by atoms with Gasteiger partial charge >= 0.3 is 5.97 Å². The number of aromatic hydroxyl groups is 1. The minimum absolute atomic E-state index is 0.164. The molecule has 0 radical (unpaired) electrons. The Bertz CT molecular complexity index is 777. The van der Waals surface area contributed by atoms with Gasteiger partial charge in [-0.25, -0.2) is 4.98 Å². The van der Waals surface area contributed by atoms with Crippen LogP contribution in [0.15, 0.2) is 30.5 Å². The Labute approximate surface area is 144 Å². The van der Waals surface area contributed by atoms with E-state index in [1.807, 2.05) is 13.0 Å². The maximum absolute atomic E-state index is 12.0. The molecule has 0 aliphatic heterocycles. The Hall–Kier alpha value is -2.60. The van der Waals surface area contributed by atoms with Gasteiger partial charge in [0, 0.05) is 16.8 Å². The Morgan fingerprint density at radius 3 is 2.75 bits per heavy atom. The maximum Gasteiger partial charge on any atom is 0.325 e. The number of ether oxygens (including phenoxy) is 1. The fraction of sp³-hybridized carbons (Fsp3) is 0.235. The highest BCUT2D eigenvalue weighted by Gasteiger charge is 2.16. The summed E-state index contributed by atoms with van der Waals surface area (Å²) in [5.74, 6) is -1.50. The van der Waals surface area contributed by atoms with Gasteiger partial charge in [0.05, 0.1) is 6.61 Å². The van der Waals surface area contributed by atoms with E-state index < -0.39 is 11.9 Å². The van der Waals surface area contributed by atoms with Crippen LogP contribution in [0.4, 0.5) is 0 Å². The largest absolute Gasteiger partial charge is 0.505 e. The molecule has 1 heterocycles. The molecule has 7 heteroatoms. The van der Waals surface area contributed by atoms with Crippen LogP contribution in [-0.2, 0) is 9.53 Å². The number of nitrogens with one attached hydrogen (secondary N) is 1. The summed E-state index contributed by atoms with van der Waals surface area (Å²) >= 11 is 5.99. The molecule has 0 unspecified atom stereocenters. The van der Waals surface area contributed by atoms with Crippen molar-refractivity contribution in [2.45, 2.75) is 13.8 Å². The second kappa shape index (κ2) is 7.79. The van der Waals surface area contributed by atoms with Crippen LogP contribution < -0.4 is 5.32 Å². The minimum atomic E-state index is -0.657. The molecule has 0 aliphatic rings. The second-order valence-corrected chi connectivity index (χ2v) is 5.48. The fourth-order valence-electron chi connectivity index (χ4n) is 2.13. The van der Waals surface area contributed by atoms with E-state index in [4.69, 9.17) is 16.3 Å². The number of hydrogen-bond acceptors (Lipinski definition) is 5. The van der Waals surface area contributed by atoms with Crippen molar-refractivity contribution in [3.63, 3.8) is 0 Å². The monoisotopic (exact) mass is 348 g/mol. The van der Waals surface area contributed by atoms with Gasteiger partial charge in [0.25, 0.3) is 5.91 Å². The summed E-state index contributed by atoms with van der Waals surface area (Å²) in [5.41, 5.74) is 2.24. The van der Waals surface area contributed by atoms with Crippen LogP contribution in [0, 0.1) is 6.92 Å². The molecule has 0 bridgehead atoms. The number of esters is 1. The minimum Gasteiger partial charge on any atom is -0.505 e. The summed E-state index contributed by atoms with van der Waals surface area (Å²) < 4.78 is 4.71. The third kappa shape index (κ3) is 4.23. The van der Waals surface area contributed by atoms with Gasteiger partial charge in [-0.05, 0) is 43.2 Å². The quantitative estimate of drug-likeness (QED) is 0.811. The molecule has 2 N–H and O–H groups in total. The molecule has 0 saturated heterocycles. The van der Waals surface area contributed by atoms with E-state index in [0.29, 0.717) is 10.6 Å². The normalized spacial score (nSPS) is 10.3.